The van der Waals surface area contributed by atoms with Crippen molar-refractivity contribution in [1.29, 1.82) is 0 Å². The molecule has 1 unspecified atom stereocenters. The van der Waals surface area contributed by atoms with E-state index in [1.54, 1.807) is 11.3 Å². The van der Waals surface area contributed by atoms with E-state index < -0.39 is 5.82 Å². The summed E-state index contributed by atoms with van der Waals surface area (Å²) in [5, 5.41) is 2.01. The van der Waals surface area contributed by atoms with Gasteiger partial charge in [0.05, 0.1) is 11.1 Å². The molecule has 1 aliphatic rings. The molecule has 1 fully saturated rings. The zero-order valence-corrected chi connectivity index (χ0v) is 13.4. The highest BCUT2D eigenvalue weighted by Gasteiger charge is 2.30. The molecule has 1 aromatic heterocycles. The van der Waals surface area contributed by atoms with Crippen molar-refractivity contribution in [3.8, 4) is 5.75 Å². The van der Waals surface area contributed by atoms with Gasteiger partial charge in [0.25, 0.3) is 5.91 Å². The van der Waals surface area contributed by atoms with Crippen LogP contribution in [0.25, 0.3) is 0 Å². The largest absolute Gasteiger partial charge is 0.484 e. The monoisotopic (exact) mass is 339 g/mol. The van der Waals surface area contributed by atoms with E-state index in [-0.39, 0.29) is 23.6 Å². The number of benzene rings is 1. The van der Waals surface area contributed by atoms with Crippen LogP contribution >= 0.6 is 22.9 Å². The van der Waals surface area contributed by atoms with Crippen molar-refractivity contribution in [2.24, 2.45) is 0 Å². The third-order valence-corrected chi connectivity index (χ3v) is 4.96. The number of hydrogen-bond donors (Lipinski definition) is 0. The summed E-state index contributed by atoms with van der Waals surface area (Å²) in [4.78, 5) is 15.4. The summed E-state index contributed by atoms with van der Waals surface area (Å²) in [5.74, 6) is -0.166. The molecule has 3 rings (SSSR count). The van der Waals surface area contributed by atoms with Gasteiger partial charge in [-0.3, -0.25) is 4.79 Å². The van der Waals surface area contributed by atoms with Crippen LogP contribution in [-0.4, -0.2) is 24.0 Å². The second-order valence-corrected chi connectivity index (χ2v) is 6.51. The lowest BCUT2D eigenvalue weighted by atomic mass is 10.2. The second-order valence-electron chi connectivity index (χ2n) is 5.13. The van der Waals surface area contributed by atoms with Crippen LogP contribution in [0.4, 0.5) is 4.39 Å². The molecule has 6 heteroatoms. The Morgan fingerprint density at radius 3 is 3.05 bits per heavy atom. The standard InChI is InChI=1S/C16H15ClFNO2S/c17-12-9-11(5-6-13(12)18)21-10-16(20)19-7-1-3-14(19)15-4-2-8-22-15/h2,4-6,8-9,14H,1,3,7,10H2. The van der Waals surface area contributed by atoms with E-state index in [4.69, 9.17) is 16.3 Å². The molecular formula is C16H15ClFNO2S. The molecule has 0 bridgehead atoms. The van der Waals surface area contributed by atoms with Gasteiger partial charge in [0.2, 0.25) is 0 Å². The predicted octanol–water partition coefficient (Wildman–Crippen LogP) is 4.28. The van der Waals surface area contributed by atoms with Crippen LogP contribution in [0.1, 0.15) is 23.8 Å². The van der Waals surface area contributed by atoms with Gasteiger partial charge < -0.3 is 9.64 Å². The van der Waals surface area contributed by atoms with Crippen LogP contribution in [0.2, 0.25) is 5.02 Å². The lowest BCUT2D eigenvalue weighted by Crippen LogP contribution is -2.34. The molecule has 2 heterocycles. The number of halogens is 2. The van der Waals surface area contributed by atoms with E-state index in [1.165, 1.54) is 23.1 Å². The van der Waals surface area contributed by atoms with E-state index in [0.717, 1.165) is 19.4 Å². The molecular weight excluding hydrogens is 325 g/mol. The first-order valence-corrected chi connectivity index (χ1v) is 8.31. The summed E-state index contributed by atoms with van der Waals surface area (Å²) in [5.41, 5.74) is 0. The maximum Gasteiger partial charge on any atom is 0.261 e. The summed E-state index contributed by atoms with van der Waals surface area (Å²) in [7, 11) is 0. The number of ether oxygens (including phenoxy) is 1. The summed E-state index contributed by atoms with van der Waals surface area (Å²) >= 11 is 7.36. The number of nitrogens with zero attached hydrogens (tertiary/aromatic N) is 1. The first kappa shape index (κ1) is 15.3. The highest BCUT2D eigenvalue weighted by molar-refractivity contribution is 7.10. The van der Waals surface area contributed by atoms with Crippen molar-refractivity contribution in [2.45, 2.75) is 18.9 Å². The number of carbonyl (C=O) groups excluding carboxylic acids is 1. The van der Waals surface area contributed by atoms with Crippen molar-refractivity contribution in [2.75, 3.05) is 13.2 Å². The van der Waals surface area contributed by atoms with Crippen LogP contribution in [0, 0.1) is 5.82 Å². The first-order chi connectivity index (χ1) is 10.6. The van der Waals surface area contributed by atoms with Crippen LogP contribution in [0.15, 0.2) is 35.7 Å². The van der Waals surface area contributed by atoms with Crippen molar-refractivity contribution < 1.29 is 13.9 Å². The molecule has 22 heavy (non-hydrogen) atoms. The molecule has 1 aromatic carbocycles. The Labute approximate surface area is 137 Å². The van der Waals surface area contributed by atoms with E-state index >= 15 is 0 Å². The molecule has 1 saturated heterocycles. The summed E-state index contributed by atoms with van der Waals surface area (Å²) < 4.78 is 18.5. The molecule has 0 aliphatic carbocycles. The number of rotatable bonds is 4. The van der Waals surface area contributed by atoms with Gasteiger partial charge in [-0.15, -0.1) is 11.3 Å². The summed E-state index contributed by atoms with van der Waals surface area (Å²) in [6.45, 7) is 0.679. The maximum absolute atomic E-state index is 13.1. The van der Waals surface area contributed by atoms with Gasteiger partial charge in [-0.1, -0.05) is 17.7 Å². The summed E-state index contributed by atoms with van der Waals surface area (Å²) in [6, 6.07) is 8.28. The minimum atomic E-state index is -0.502. The third kappa shape index (κ3) is 3.25. The van der Waals surface area contributed by atoms with E-state index in [0.29, 0.717) is 5.75 Å². The molecule has 1 aliphatic heterocycles. The van der Waals surface area contributed by atoms with Gasteiger partial charge in [-0.05, 0) is 36.4 Å². The van der Waals surface area contributed by atoms with Crippen molar-refractivity contribution in [1.82, 2.24) is 4.90 Å². The Balaban J connectivity index is 1.62. The zero-order chi connectivity index (χ0) is 15.5. The number of carbonyl (C=O) groups is 1. The smallest absolute Gasteiger partial charge is 0.261 e. The Hall–Kier alpha value is -1.59. The van der Waals surface area contributed by atoms with Gasteiger partial charge in [-0.25, -0.2) is 4.39 Å². The molecule has 0 spiro atoms. The average Bonchev–Trinajstić information content (AvgIpc) is 3.18. The minimum Gasteiger partial charge on any atom is -0.484 e. The fraction of sp³-hybridized carbons (Fsp3) is 0.312. The molecule has 1 amide bonds. The van der Waals surface area contributed by atoms with Gasteiger partial charge in [-0.2, -0.15) is 0 Å². The van der Waals surface area contributed by atoms with Crippen LogP contribution < -0.4 is 4.74 Å². The highest BCUT2D eigenvalue weighted by atomic mass is 35.5. The van der Waals surface area contributed by atoms with Gasteiger partial charge in [0.15, 0.2) is 6.61 Å². The molecule has 0 saturated carbocycles. The minimum absolute atomic E-state index is 0.0115. The van der Waals surface area contributed by atoms with E-state index in [9.17, 15) is 9.18 Å². The number of likely N-dealkylation sites (tertiary alicyclic amines) is 1. The van der Waals surface area contributed by atoms with Gasteiger partial charge in [0.1, 0.15) is 11.6 Å². The number of amides is 1. The van der Waals surface area contributed by atoms with E-state index in [1.807, 2.05) is 16.3 Å². The molecule has 3 nitrogen and oxygen atoms in total. The molecule has 2 aromatic rings. The Morgan fingerprint density at radius 1 is 1.45 bits per heavy atom. The van der Waals surface area contributed by atoms with Gasteiger partial charge in [0, 0.05) is 17.5 Å². The first-order valence-electron chi connectivity index (χ1n) is 7.06. The fourth-order valence-corrected chi connectivity index (χ4v) is 3.68. The van der Waals surface area contributed by atoms with Crippen molar-refractivity contribution >= 4 is 28.8 Å². The lowest BCUT2D eigenvalue weighted by Gasteiger charge is -2.24. The molecule has 0 N–H and O–H groups in total. The van der Waals surface area contributed by atoms with Crippen molar-refractivity contribution in [3.63, 3.8) is 0 Å². The van der Waals surface area contributed by atoms with E-state index in [2.05, 4.69) is 6.07 Å². The topological polar surface area (TPSA) is 29.5 Å². The highest BCUT2D eigenvalue weighted by Crippen LogP contribution is 2.34. The SMILES string of the molecule is O=C(COc1ccc(F)c(Cl)c1)N1CCCC1c1cccs1. The average molecular weight is 340 g/mol. The zero-order valence-electron chi connectivity index (χ0n) is 11.8. The van der Waals surface area contributed by atoms with Crippen LogP contribution in [0.5, 0.6) is 5.75 Å². The Kier molecular flexibility index (Phi) is 4.64. The molecule has 1 atom stereocenters. The predicted molar refractivity (Wildman–Crippen MR) is 84.9 cm³/mol. The Bertz CT molecular complexity index is 662. The lowest BCUT2D eigenvalue weighted by molar-refractivity contribution is -0.134. The quantitative estimate of drug-likeness (QED) is 0.832. The maximum atomic E-state index is 13.1. The van der Waals surface area contributed by atoms with Crippen LogP contribution in [-0.2, 0) is 4.79 Å². The normalized spacial score (nSPS) is 17.7. The Morgan fingerprint density at radius 2 is 2.32 bits per heavy atom. The fourth-order valence-electron chi connectivity index (χ4n) is 2.64. The van der Waals surface area contributed by atoms with Crippen LogP contribution in [0.3, 0.4) is 0 Å². The number of hydrogen-bond acceptors (Lipinski definition) is 3. The molecule has 116 valence electrons. The third-order valence-electron chi connectivity index (χ3n) is 3.70. The summed E-state index contributed by atoms with van der Waals surface area (Å²) in [6.07, 6.45) is 1.98. The second kappa shape index (κ2) is 6.67. The van der Waals surface area contributed by atoms with Crippen molar-refractivity contribution in [3.05, 3.63) is 51.4 Å². The number of thiophene rings is 1. The molecule has 0 radical (unpaired) electrons. The van der Waals surface area contributed by atoms with Gasteiger partial charge >= 0.3 is 0 Å².